The highest BCUT2D eigenvalue weighted by Crippen LogP contribution is 2.13. The molecule has 0 amide bonds. The number of aliphatic imine (C=N–C) groups is 1. The molecule has 6 heteroatoms. The molecule has 0 unspecified atom stereocenters. The first kappa shape index (κ1) is 21.4. The van der Waals surface area contributed by atoms with Gasteiger partial charge in [-0.3, -0.25) is 4.99 Å². The normalized spacial score (nSPS) is 11.4. The van der Waals surface area contributed by atoms with Crippen LogP contribution in [0.4, 0.5) is 0 Å². The molecule has 0 aliphatic heterocycles. The third-order valence-electron chi connectivity index (χ3n) is 4.86. The van der Waals surface area contributed by atoms with Gasteiger partial charge in [-0.15, -0.1) is 0 Å². The Bertz CT molecular complexity index is 918. The fourth-order valence-electron chi connectivity index (χ4n) is 3.37. The van der Waals surface area contributed by atoms with Crippen molar-refractivity contribution in [3.05, 3.63) is 83.9 Å². The fraction of sp³-hybridized carbons (Fsp3) is 0.333. The summed E-state index contributed by atoms with van der Waals surface area (Å²) in [5, 5.41) is 3.45. The summed E-state index contributed by atoms with van der Waals surface area (Å²) in [6.07, 6.45) is 4.73. The van der Waals surface area contributed by atoms with E-state index >= 15 is 0 Å². The molecule has 3 aromatic rings. The lowest BCUT2D eigenvalue weighted by atomic mass is 10.2. The van der Waals surface area contributed by atoms with Crippen molar-refractivity contribution in [2.24, 2.45) is 4.99 Å². The van der Waals surface area contributed by atoms with Crippen LogP contribution in [0.25, 0.3) is 0 Å². The Balaban J connectivity index is 1.50. The molecule has 2 aromatic carbocycles. The molecule has 0 saturated carbocycles. The van der Waals surface area contributed by atoms with Crippen LogP contribution in [0.2, 0.25) is 0 Å². The van der Waals surface area contributed by atoms with Gasteiger partial charge in [0.2, 0.25) is 0 Å². The summed E-state index contributed by atoms with van der Waals surface area (Å²) in [6.45, 7) is 5.05. The summed E-state index contributed by atoms with van der Waals surface area (Å²) in [5.41, 5.74) is 2.48. The van der Waals surface area contributed by atoms with Crippen molar-refractivity contribution >= 4 is 5.96 Å². The number of guanidine groups is 1. The summed E-state index contributed by atoms with van der Waals surface area (Å²) >= 11 is 0. The smallest absolute Gasteiger partial charge is 0.193 e. The minimum Gasteiger partial charge on any atom is -0.494 e. The average molecular weight is 406 g/mol. The molecule has 0 saturated heterocycles. The molecule has 0 atom stereocenters. The number of benzene rings is 2. The first-order valence-corrected chi connectivity index (χ1v) is 10.4. The number of aromatic nitrogens is 2. The SMILES string of the molecule is CCOc1ccc(CN(C)C(=NC)NCCc2nccn2Cc2ccccc2)cc1. The molecule has 0 bridgehead atoms. The molecule has 0 fully saturated rings. The molecule has 0 aliphatic rings. The van der Waals surface area contributed by atoms with Crippen LogP contribution in [0.5, 0.6) is 5.75 Å². The van der Waals surface area contributed by atoms with Gasteiger partial charge in [-0.05, 0) is 30.2 Å². The molecule has 30 heavy (non-hydrogen) atoms. The molecule has 0 spiro atoms. The van der Waals surface area contributed by atoms with Gasteiger partial charge in [0.1, 0.15) is 11.6 Å². The van der Waals surface area contributed by atoms with Crippen LogP contribution in [0.3, 0.4) is 0 Å². The summed E-state index contributed by atoms with van der Waals surface area (Å²) < 4.78 is 7.71. The Hall–Kier alpha value is -3.28. The topological polar surface area (TPSA) is 54.7 Å². The van der Waals surface area contributed by atoms with Crippen molar-refractivity contribution in [2.45, 2.75) is 26.4 Å². The van der Waals surface area contributed by atoms with Crippen LogP contribution in [-0.4, -0.2) is 47.7 Å². The van der Waals surface area contributed by atoms with Crippen LogP contribution < -0.4 is 10.1 Å². The van der Waals surface area contributed by atoms with E-state index in [1.165, 1.54) is 11.1 Å². The minimum absolute atomic E-state index is 0.680. The highest BCUT2D eigenvalue weighted by Gasteiger charge is 2.08. The van der Waals surface area contributed by atoms with Crippen LogP contribution in [0, 0.1) is 0 Å². The van der Waals surface area contributed by atoms with Crippen LogP contribution in [0.15, 0.2) is 72.0 Å². The van der Waals surface area contributed by atoms with E-state index in [0.29, 0.717) is 6.61 Å². The molecule has 1 aromatic heterocycles. The molecular weight excluding hydrogens is 374 g/mol. The first-order valence-electron chi connectivity index (χ1n) is 10.4. The predicted octanol–water partition coefficient (Wildman–Crippen LogP) is 3.58. The van der Waals surface area contributed by atoms with E-state index in [2.05, 4.69) is 61.2 Å². The largest absolute Gasteiger partial charge is 0.494 e. The summed E-state index contributed by atoms with van der Waals surface area (Å²) in [4.78, 5) is 11.1. The Morgan fingerprint density at radius 3 is 2.57 bits per heavy atom. The number of nitrogens with zero attached hydrogens (tertiary/aromatic N) is 4. The third kappa shape index (κ3) is 6.11. The minimum atomic E-state index is 0.680. The maximum absolute atomic E-state index is 5.51. The van der Waals surface area contributed by atoms with Gasteiger partial charge >= 0.3 is 0 Å². The van der Waals surface area contributed by atoms with Crippen molar-refractivity contribution in [3.63, 3.8) is 0 Å². The molecule has 6 nitrogen and oxygen atoms in total. The zero-order valence-corrected chi connectivity index (χ0v) is 18.1. The molecular formula is C24H31N5O. The van der Waals surface area contributed by atoms with Gasteiger partial charge < -0.3 is 19.5 Å². The number of rotatable bonds is 9. The summed E-state index contributed by atoms with van der Waals surface area (Å²) in [5.74, 6) is 2.83. The third-order valence-corrected chi connectivity index (χ3v) is 4.86. The molecule has 1 N–H and O–H groups in total. The standard InChI is InChI=1S/C24H31N5O/c1-4-30-22-12-10-21(11-13-22)18-28(3)24(25-2)27-15-14-23-26-16-17-29(23)19-20-8-6-5-7-9-20/h5-13,16-17H,4,14-15,18-19H2,1-3H3,(H,25,27). The van der Waals surface area contributed by atoms with E-state index in [4.69, 9.17) is 4.74 Å². The number of ether oxygens (including phenoxy) is 1. The maximum atomic E-state index is 5.51. The number of hydrogen-bond acceptors (Lipinski definition) is 3. The molecule has 0 radical (unpaired) electrons. The number of imidazole rings is 1. The predicted molar refractivity (Wildman–Crippen MR) is 122 cm³/mol. The maximum Gasteiger partial charge on any atom is 0.193 e. The summed E-state index contributed by atoms with van der Waals surface area (Å²) in [6, 6.07) is 18.7. The van der Waals surface area contributed by atoms with Gasteiger partial charge in [-0.25, -0.2) is 4.98 Å². The van der Waals surface area contributed by atoms with Crippen molar-refractivity contribution < 1.29 is 4.74 Å². The van der Waals surface area contributed by atoms with Gasteiger partial charge in [0.05, 0.1) is 6.61 Å². The van der Waals surface area contributed by atoms with E-state index in [1.54, 1.807) is 0 Å². The molecule has 158 valence electrons. The van der Waals surface area contributed by atoms with Gasteiger partial charge in [0, 0.05) is 52.5 Å². The lowest BCUT2D eigenvalue weighted by Gasteiger charge is -2.22. The average Bonchev–Trinajstić information content (AvgIpc) is 3.20. The fourth-order valence-corrected chi connectivity index (χ4v) is 3.37. The lowest BCUT2D eigenvalue weighted by Crippen LogP contribution is -2.39. The molecule has 0 aliphatic carbocycles. The Morgan fingerprint density at radius 1 is 1.10 bits per heavy atom. The van der Waals surface area contributed by atoms with E-state index < -0.39 is 0 Å². The first-order chi connectivity index (χ1) is 14.7. The number of nitrogens with one attached hydrogen (secondary N) is 1. The van der Waals surface area contributed by atoms with E-state index in [9.17, 15) is 0 Å². The number of hydrogen-bond donors (Lipinski definition) is 1. The van der Waals surface area contributed by atoms with E-state index in [-0.39, 0.29) is 0 Å². The van der Waals surface area contributed by atoms with Crippen molar-refractivity contribution in [3.8, 4) is 5.75 Å². The van der Waals surface area contributed by atoms with Crippen molar-refractivity contribution in [1.29, 1.82) is 0 Å². The lowest BCUT2D eigenvalue weighted by molar-refractivity contribution is 0.340. The zero-order valence-electron chi connectivity index (χ0n) is 18.1. The van der Waals surface area contributed by atoms with Crippen LogP contribution in [-0.2, 0) is 19.5 Å². The highest BCUT2D eigenvalue weighted by molar-refractivity contribution is 5.79. The Morgan fingerprint density at radius 2 is 1.87 bits per heavy atom. The Kier molecular flexibility index (Phi) is 7.89. The second kappa shape index (κ2) is 11.0. The highest BCUT2D eigenvalue weighted by atomic mass is 16.5. The molecule has 1 heterocycles. The van der Waals surface area contributed by atoms with E-state index in [1.807, 2.05) is 51.6 Å². The van der Waals surface area contributed by atoms with Crippen LogP contribution >= 0.6 is 0 Å². The monoisotopic (exact) mass is 405 g/mol. The second-order valence-electron chi connectivity index (χ2n) is 7.11. The van der Waals surface area contributed by atoms with Gasteiger partial charge in [-0.2, -0.15) is 0 Å². The van der Waals surface area contributed by atoms with Gasteiger partial charge in [-0.1, -0.05) is 42.5 Å². The van der Waals surface area contributed by atoms with Gasteiger partial charge in [0.25, 0.3) is 0 Å². The van der Waals surface area contributed by atoms with Crippen LogP contribution in [0.1, 0.15) is 23.9 Å². The Labute approximate surface area is 179 Å². The second-order valence-corrected chi connectivity index (χ2v) is 7.11. The quantitative estimate of drug-likeness (QED) is 0.437. The summed E-state index contributed by atoms with van der Waals surface area (Å²) in [7, 11) is 3.86. The van der Waals surface area contributed by atoms with Gasteiger partial charge in [0.15, 0.2) is 5.96 Å². The molecule has 3 rings (SSSR count). The van der Waals surface area contributed by atoms with Crippen molar-refractivity contribution in [1.82, 2.24) is 19.8 Å². The zero-order chi connectivity index (χ0) is 21.2. The van der Waals surface area contributed by atoms with Crippen molar-refractivity contribution in [2.75, 3.05) is 27.2 Å². The van der Waals surface area contributed by atoms with E-state index in [0.717, 1.165) is 43.6 Å².